The summed E-state index contributed by atoms with van der Waals surface area (Å²) in [4.78, 5) is 22.1. The van der Waals surface area contributed by atoms with E-state index in [0.717, 1.165) is 11.1 Å². The van der Waals surface area contributed by atoms with Crippen LogP contribution < -0.4 is 4.74 Å². The molecular weight excluding hydrogens is 268 g/mol. The molecule has 0 bridgehead atoms. The molecular formula is C17H16O4. The number of carboxylic acids is 1. The molecule has 4 heteroatoms. The van der Waals surface area contributed by atoms with E-state index in [2.05, 4.69) is 0 Å². The van der Waals surface area contributed by atoms with Crippen molar-refractivity contribution in [2.75, 3.05) is 0 Å². The van der Waals surface area contributed by atoms with Gasteiger partial charge in [0.2, 0.25) is 0 Å². The van der Waals surface area contributed by atoms with E-state index >= 15 is 0 Å². The Bertz CT molecular complexity index is 620. The third kappa shape index (κ3) is 4.76. The summed E-state index contributed by atoms with van der Waals surface area (Å²) in [5.74, 6) is -1.06. The van der Waals surface area contributed by atoms with Crippen LogP contribution in [0.5, 0.6) is 5.75 Å². The van der Waals surface area contributed by atoms with E-state index in [9.17, 15) is 9.59 Å². The first-order valence-electron chi connectivity index (χ1n) is 6.69. The molecule has 0 radical (unpaired) electrons. The second-order valence-electron chi connectivity index (χ2n) is 4.64. The number of aliphatic carboxylic acids is 1. The second kappa shape index (κ2) is 7.24. The van der Waals surface area contributed by atoms with Gasteiger partial charge in [0.1, 0.15) is 5.75 Å². The Morgan fingerprint density at radius 2 is 1.57 bits per heavy atom. The van der Waals surface area contributed by atoms with E-state index in [1.807, 2.05) is 42.5 Å². The summed E-state index contributed by atoms with van der Waals surface area (Å²) >= 11 is 0. The van der Waals surface area contributed by atoms with Crippen LogP contribution in [0, 0.1) is 0 Å². The highest BCUT2D eigenvalue weighted by atomic mass is 16.5. The lowest BCUT2D eigenvalue weighted by Gasteiger charge is -2.09. The van der Waals surface area contributed by atoms with Gasteiger partial charge < -0.3 is 9.84 Å². The minimum absolute atomic E-state index is 0.130. The lowest BCUT2D eigenvalue weighted by molar-refractivity contribution is -0.142. The summed E-state index contributed by atoms with van der Waals surface area (Å²) < 4.78 is 5.27. The van der Waals surface area contributed by atoms with Gasteiger partial charge in [-0.25, -0.2) is 0 Å². The lowest BCUT2D eigenvalue weighted by atomic mass is 10.0. The zero-order chi connectivity index (χ0) is 15.1. The summed E-state index contributed by atoms with van der Waals surface area (Å²) in [5, 5.41) is 8.57. The smallest absolute Gasteiger partial charge is 0.311 e. The van der Waals surface area contributed by atoms with Gasteiger partial charge in [0.25, 0.3) is 0 Å². The van der Waals surface area contributed by atoms with Gasteiger partial charge in [-0.15, -0.1) is 0 Å². The Morgan fingerprint density at radius 3 is 2.29 bits per heavy atom. The quantitative estimate of drug-likeness (QED) is 0.654. The van der Waals surface area contributed by atoms with Crippen LogP contribution in [0.25, 0.3) is 0 Å². The van der Waals surface area contributed by atoms with Crippen molar-refractivity contribution in [3.63, 3.8) is 0 Å². The molecule has 2 aromatic rings. The molecule has 0 amide bonds. The fourth-order valence-electron chi connectivity index (χ4n) is 1.95. The Labute approximate surface area is 123 Å². The standard InChI is InChI=1S/C17H16O4/c18-16(19)10-11-17(20)21-15-9-5-4-8-14(15)12-13-6-2-1-3-7-13/h1-9H,10-12H2,(H,18,19). The molecule has 2 aromatic carbocycles. The molecule has 0 aromatic heterocycles. The van der Waals surface area contributed by atoms with Gasteiger partial charge in [-0.2, -0.15) is 0 Å². The summed E-state index contributed by atoms with van der Waals surface area (Å²) in [6, 6.07) is 17.1. The molecule has 0 unspecified atom stereocenters. The fourth-order valence-corrected chi connectivity index (χ4v) is 1.95. The van der Waals surface area contributed by atoms with Crippen LogP contribution in [0.1, 0.15) is 24.0 Å². The molecule has 4 nitrogen and oxygen atoms in total. The van der Waals surface area contributed by atoms with Gasteiger partial charge >= 0.3 is 11.9 Å². The number of carbonyl (C=O) groups is 2. The van der Waals surface area contributed by atoms with Crippen LogP contribution in [-0.2, 0) is 16.0 Å². The first kappa shape index (κ1) is 14.8. The second-order valence-corrected chi connectivity index (χ2v) is 4.64. The van der Waals surface area contributed by atoms with Gasteiger partial charge in [-0.1, -0.05) is 48.5 Å². The van der Waals surface area contributed by atoms with Gasteiger partial charge in [0, 0.05) is 6.42 Å². The number of esters is 1. The molecule has 0 heterocycles. The molecule has 0 aliphatic heterocycles. The van der Waals surface area contributed by atoms with Crippen molar-refractivity contribution in [2.24, 2.45) is 0 Å². The first-order valence-corrected chi connectivity index (χ1v) is 6.69. The van der Waals surface area contributed by atoms with Crippen LogP contribution >= 0.6 is 0 Å². The van der Waals surface area contributed by atoms with Crippen molar-refractivity contribution in [3.05, 3.63) is 65.7 Å². The molecule has 0 saturated heterocycles. The minimum atomic E-state index is -1.01. The van der Waals surface area contributed by atoms with E-state index in [0.29, 0.717) is 12.2 Å². The third-order valence-corrected chi connectivity index (χ3v) is 2.98. The van der Waals surface area contributed by atoms with E-state index in [1.165, 1.54) is 0 Å². The number of ether oxygens (including phenoxy) is 1. The Hall–Kier alpha value is -2.62. The number of hydrogen-bond donors (Lipinski definition) is 1. The van der Waals surface area contributed by atoms with Crippen molar-refractivity contribution in [1.82, 2.24) is 0 Å². The third-order valence-electron chi connectivity index (χ3n) is 2.98. The molecule has 2 rings (SSSR count). The maximum atomic E-state index is 11.6. The molecule has 0 saturated carbocycles. The van der Waals surface area contributed by atoms with Gasteiger partial charge in [-0.3, -0.25) is 9.59 Å². The van der Waals surface area contributed by atoms with Crippen molar-refractivity contribution in [3.8, 4) is 5.75 Å². The van der Waals surface area contributed by atoms with Crippen LogP contribution in [-0.4, -0.2) is 17.0 Å². The highest BCUT2D eigenvalue weighted by Crippen LogP contribution is 2.22. The van der Waals surface area contributed by atoms with Crippen molar-refractivity contribution in [2.45, 2.75) is 19.3 Å². The molecule has 0 atom stereocenters. The Morgan fingerprint density at radius 1 is 0.905 bits per heavy atom. The molecule has 21 heavy (non-hydrogen) atoms. The maximum Gasteiger partial charge on any atom is 0.311 e. The summed E-state index contributed by atoms with van der Waals surface area (Å²) in [6.07, 6.45) is 0.303. The molecule has 0 aliphatic carbocycles. The average molecular weight is 284 g/mol. The van der Waals surface area contributed by atoms with Crippen LogP contribution in [0.15, 0.2) is 54.6 Å². The lowest BCUT2D eigenvalue weighted by Crippen LogP contribution is -2.11. The van der Waals surface area contributed by atoms with E-state index in [4.69, 9.17) is 9.84 Å². The monoisotopic (exact) mass is 284 g/mol. The summed E-state index contributed by atoms with van der Waals surface area (Å²) in [7, 11) is 0. The van der Waals surface area contributed by atoms with Crippen LogP contribution in [0.2, 0.25) is 0 Å². The molecule has 0 spiro atoms. The summed E-state index contributed by atoms with van der Waals surface area (Å²) in [5.41, 5.74) is 2.01. The van der Waals surface area contributed by atoms with Gasteiger partial charge in [-0.05, 0) is 17.2 Å². The highest BCUT2D eigenvalue weighted by Gasteiger charge is 2.11. The zero-order valence-electron chi connectivity index (χ0n) is 11.5. The number of hydrogen-bond acceptors (Lipinski definition) is 3. The average Bonchev–Trinajstić information content (AvgIpc) is 2.48. The first-order chi connectivity index (χ1) is 10.1. The summed E-state index contributed by atoms with van der Waals surface area (Å²) in [6.45, 7) is 0. The fraction of sp³-hybridized carbons (Fsp3) is 0.176. The number of benzene rings is 2. The van der Waals surface area contributed by atoms with Crippen molar-refractivity contribution >= 4 is 11.9 Å². The molecule has 108 valence electrons. The predicted molar refractivity (Wildman–Crippen MR) is 78.2 cm³/mol. The molecule has 1 N–H and O–H groups in total. The number of carbonyl (C=O) groups excluding carboxylic acids is 1. The van der Waals surface area contributed by atoms with Gasteiger partial charge in [0.05, 0.1) is 12.8 Å². The van der Waals surface area contributed by atoms with E-state index in [1.54, 1.807) is 12.1 Å². The van der Waals surface area contributed by atoms with Crippen LogP contribution in [0.3, 0.4) is 0 Å². The normalized spacial score (nSPS) is 10.1. The van der Waals surface area contributed by atoms with Crippen molar-refractivity contribution in [1.29, 1.82) is 0 Å². The van der Waals surface area contributed by atoms with E-state index in [-0.39, 0.29) is 12.8 Å². The Balaban J connectivity index is 2.06. The number of carboxylic acid groups (broad SMARTS) is 1. The minimum Gasteiger partial charge on any atom is -0.481 e. The molecule has 0 aliphatic rings. The SMILES string of the molecule is O=C(O)CCC(=O)Oc1ccccc1Cc1ccccc1. The number of rotatable bonds is 6. The zero-order valence-corrected chi connectivity index (χ0v) is 11.5. The maximum absolute atomic E-state index is 11.6. The largest absolute Gasteiger partial charge is 0.481 e. The number of para-hydroxylation sites is 1. The van der Waals surface area contributed by atoms with Gasteiger partial charge in [0.15, 0.2) is 0 Å². The predicted octanol–water partition coefficient (Wildman–Crippen LogP) is 3.05. The molecule has 0 fully saturated rings. The van der Waals surface area contributed by atoms with E-state index < -0.39 is 11.9 Å². The highest BCUT2D eigenvalue weighted by molar-refractivity contribution is 5.78. The topological polar surface area (TPSA) is 63.6 Å². The Kier molecular flexibility index (Phi) is 5.10. The van der Waals surface area contributed by atoms with Crippen molar-refractivity contribution < 1.29 is 19.4 Å². The van der Waals surface area contributed by atoms with Crippen LogP contribution in [0.4, 0.5) is 0 Å².